The minimum Gasteiger partial charge on any atom is -0.468 e. The molecule has 28 heavy (non-hydrogen) atoms. The Hall–Kier alpha value is -3.36. The fraction of sp³-hybridized carbons (Fsp3) is 0.368. The molecule has 9 nitrogen and oxygen atoms in total. The standard InChI is InChI=1S/C19H21N5O4/c1-27-18(26)15-16(13-5-4-12-28-13)21-19(22-17(15)25)24-10-8-23(9-11-24)14-6-2-3-7-20-14/h2-7,12,15-16H,8-11H2,1H3,(H,21,22,25)/t15-,16+/m1/s1. The van der Waals surface area contributed by atoms with E-state index in [0.717, 1.165) is 18.9 Å². The lowest BCUT2D eigenvalue weighted by molar-refractivity contribution is -0.151. The van der Waals surface area contributed by atoms with Crippen molar-refractivity contribution in [1.29, 1.82) is 0 Å². The van der Waals surface area contributed by atoms with Crippen molar-refractivity contribution in [1.82, 2.24) is 15.2 Å². The van der Waals surface area contributed by atoms with Gasteiger partial charge in [-0.3, -0.25) is 14.9 Å². The Labute approximate surface area is 162 Å². The number of rotatable bonds is 3. The topological polar surface area (TPSA) is 100 Å². The summed E-state index contributed by atoms with van der Waals surface area (Å²) in [6, 6.07) is 8.49. The van der Waals surface area contributed by atoms with E-state index >= 15 is 0 Å². The number of aromatic nitrogens is 1. The highest BCUT2D eigenvalue weighted by molar-refractivity contribution is 6.08. The van der Waals surface area contributed by atoms with E-state index in [-0.39, 0.29) is 0 Å². The Kier molecular flexibility index (Phi) is 4.96. The number of ether oxygens (including phenoxy) is 1. The number of esters is 1. The van der Waals surface area contributed by atoms with Gasteiger partial charge in [0.05, 0.1) is 13.4 Å². The summed E-state index contributed by atoms with van der Waals surface area (Å²) in [7, 11) is 1.25. The predicted molar refractivity (Wildman–Crippen MR) is 101 cm³/mol. The summed E-state index contributed by atoms with van der Waals surface area (Å²) >= 11 is 0. The van der Waals surface area contributed by atoms with Gasteiger partial charge < -0.3 is 19.0 Å². The van der Waals surface area contributed by atoms with Gasteiger partial charge in [-0.1, -0.05) is 6.07 Å². The number of furan rings is 1. The zero-order valence-corrected chi connectivity index (χ0v) is 15.4. The van der Waals surface area contributed by atoms with E-state index in [4.69, 9.17) is 9.15 Å². The van der Waals surface area contributed by atoms with Crippen LogP contribution in [-0.2, 0) is 14.3 Å². The first kappa shape index (κ1) is 18.0. The van der Waals surface area contributed by atoms with Crippen LogP contribution in [-0.4, -0.2) is 61.0 Å². The summed E-state index contributed by atoms with van der Waals surface area (Å²) in [5, 5.41) is 2.76. The van der Waals surface area contributed by atoms with Gasteiger partial charge in [-0.25, -0.2) is 9.98 Å². The highest BCUT2D eigenvalue weighted by Crippen LogP contribution is 2.31. The van der Waals surface area contributed by atoms with Crippen LogP contribution in [0.1, 0.15) is 11.8 Å². The number of guanidine groups is 1. The van der Waals surface area contributed by atoms with E-state index < -0.39 is 23.8 Å². The second-order valence-corrected chi connectivity index (χ2v) is 6.57. The van der Waals surface area contributed by atoms with Crippen LogP contribution in [0.15, 0.2) is 52.2 Å². The molecule has 2 aromatic rings. The molecule has 0 unspecified atom stereocenters. The monoisotopic (exact) mass is 383 g/mol. The number of hydrogen-bond donors (Lipinski definition) is 1. The lowest BCUT2D eigenvalue weighted by Crippen LogP contribution is -2.57. The highest BCUT2D eigenvalue weighted by Gasteiger charge is 2.43. The first-order chi connectivity index (χ1) is 13.7. The van der Waals surface area contributed by atoms with Crippen molar-refractivity contribution < 1.29 is 18.7 Å². The van der Waals surface area contributed by atoms with Crippen molar-refractivity contribution in [3.05, 3.63) is 48.6 Å². The van der Waals surface area contributed by atoms with Crippen molar-refractivity contribution >= 4 is 23.7 Å². The molecule has 0 radical (unpaired) electrons. The zero-order valence-electron chi connectivity index (χ0n) is 15.4. The van der Waals surface area contributed by atoms with Crippen molar-refractivity contribution in [3.8, 4) is 0 Å². The van der Waals surface area contributed by atoms with Crippen molar-refractivity contribution in [2.24, 2.45) is 10.9 Å². The summed E-state index contributed by atoms with van der Waals surface area (Å²) in [6.45, 7) is 2.84. The number of nitrogens with one attached hydrogen (secondary N) is 1. The molecule has 2 aliphatic rings. The van der Waals surface area contributed by atoms with Crippen LogP contribution in [0, 0.1) is 5.92 Å². The molecule has 1 fully saturated rings. The molecule has 1 saturated heterocycles. The van der Waals surface area contributed by atoms with E-state index in [2.05, 4.69) is 20.2 Å². The third-order valence-corrected chi connectivity index (χ3v) is 4.94. The molecule has 9 heteroatoms. The third kappa shape index (κ3) is 3.42. The number of anilines is 1. The maximum Gasteiger partial charge on any atom is 0.320 e. The first-order valence-electron chi connectivity index (χ1n) is 9.08. The van der Waals surface area contributed by atoms with E-state index in [1.807, 2.05) is 23.1 Å². The van der Waals surface area contributed by atoms with Crippen molar-refractivity contribution in [3.63, 3.8) is 0 Å². The average molecular weight is 383 g/mol. The number of aliphatic imine (C=N–C) groups is 1. The van der Waals surface area contributed by atoms with Crippen LogP contribution in [0.25, 0.3) is 0 Å². The van der Waals surface area contributed by atoms with E-state index in [9.17, 15) is 9.59 Å². The minimum atomic E-state index is -1.07. The normalized spacial score (nSPS) is 22.5. The van der Waals surface area contributed by atoms with Crippen LogP contribution < -0.4 is 10.2 Å². The molecule has 4 heterocycles. The molecule has 0 aromatic carbocycles. The second-order valence-electron chi connectivity index (χ2n) is 6.57. The Balaban J connectivity index is 1.53. The summed E-state index contributed by atoms with van der Waals surface area (Å²) in [4.78, 5) is 38.0. The molecule has 2 aliphatic heterocycles. The molecule has 4 rings (SSSR count). The van der Waals surface area contributed by atoms with Crippen molar-refractivity contribution in [2.45, 2.75) is 6.04 Å². The van der Waals surface area contributed by atoms with Crippen LogP contribution >= 0.6 is 0 Å². The van der Waals surface area contributed by atoms with Gasteiger partial charge in [0.2, 0.25) is 11.9 Å². The molecular weight excluding hydrogens is 362 g/mol. The van der Waals surface area contributed by atoms with E-state index in [0.29, 0.717) is 24.8 Å². The molecular formula is C19H21N5O4. The molecule has 2 aromatic heterocycles. The molecule has 0 bridgehead atoms. The summed E-state index contributed by atoms with van der Waals surface area (Å²) in [6.07, 6.45) is 3.27. The average Bonchev–Trinajstić information content (AvgIpc) is 3.28. The number of hydrogen-bond acceptors (Lipinski definition) is 8. The Morgan fingerprint density at radius 2 is 1.96 bits per heavy atom. The number of nitrogens with zero attached hydrogens (tertiary/aromatic N) is 4. The van der Waals surface area contributed by atoms with Gasteiger partial charge in [0.15, 0.2) is 5.92 Å². The SMILES string of the molecule is COC(=O)[C@H]1C(=O)NC(N2CCN(c3ccccn3)CC2)=N[C@H]1c1ccco1. The molecule has 2 atom stereocenters. The van der Waals surface area contributed by atoms with Gasteiger partial charge in [-0.05, 0) is 24.3 Å². The number of pyridine rings is 1. The quantitative estimate of drug-likeness (QED) is 0.618. The zero-order chi connectivity index (χ0) is 19.5. The fourth-order valence-electron chi connectivity index (χ4n) is 3.47. The Bertz CT molecular complexity index is 860. The summed E-state index contributed by atoms with van der Waals surface area (Å²) in [5.74, 6) is -0.320. The van der Waals surface area contributed by atoms with Crippen LogP contribution in [0.2, 0.25) is 0 Å². The molecule has 0 saturated carbocycles. The Morgan fingerprint density at radius 3 is 2.61 bits per heavy atom. The maximum atomic E-state index is 12.7. The predicted octanol–water partition coefficient (Wildman–Crippen LogP) is 0.813. The van der Waals surface area contributed by atoms with Gasteiger partial charge in [0.25, 0.3) is 0 Å². The molecule has 1 N–H and O–H groups in total. The minimum absolute atomic E-state index is 0.439. The van der Waals surface area contributed by atoms with Crippen molar-refractivity contribution in [2.75, 3.05) is 38.2 Å². The molecule has 146 valence electrons. The first-order valence-corrected chi connectivity index (χ1v) is 9.08. The van der Waals surface area contributed by atoms with Gasteiger partial charge in [0.1, 0.15) is 17.6 Å². The molecule has 0 spiro atoms. The number of methoxy groups -OCH3 is 1. The lowest BCUT2D eigenvalue weighted by Gasteiger charge is -2.39. The van der Waals surface area contributed by atoms with Crippen LogP contribution in [0.5, 0.6) is 0 Å². The van der Waals surface area contributed by atoms with Gasteiger partial charge in [-0.2, -0.15) is 0 Å². The Morgan fingerprint density at radius 1 is 1.18 bits per heavy atom. The van der Waals surface area contributed by atoms with E-state index in [1.54, 1.807) is 18.3 Å². The second kappa shape index (κ2) is 7.71. The largest absolute Gasteiger partial charge is 0.468 e. The molecule has 1 amide bonds. The number of carbonyl (C=O) groups excluding carboxylic acids is 2. The number of piperazine rings is 1. The molecule has 0 aliphatic carbocycles. The van der Waals surface area contributed by atoms with Gasteiger partial charge in [0, 0.05) is 32.4 Å². The lowest BCUT2D eigenvalue weighted by atomic mass is 9.95. The highest BCUT2D eigenvalue weighted by atomic mass is 16.5. The van der Waals surface area contributed by atoms with Crippen LogP contribution in [0.3, 0.4) is 0 Å². The van der Waals surface area contributed by atoms with Crippen LogP contribution in [0.4, 0.5) is 5.82 Å². The fourth-order valence-corrected chi connectivity index (χ4v) is 3.47. The third-order valence-electron chi connectivity index (χ3n) is 4.94. The summed E-state index contributed by atoms with van der Waals surface area (Å²) in [5.41, 5.74) is 0. The smallest absolute Gasteiger partial charge is 0.320 e. The van der Waals surface area contributed by atoms with E-state index in [1.165, 1.54) is 13.4 Å². The number of carbonyl (C=O) groups is 2. The maximum absolute atomic E-state index is 12.7. The van der Waals surface area contributed by atoms with Gasteiger partial charge in [-0.15, -0.1) is 0 Å². The number of amides is 1. The summed E-state index contributed by atoms with van der Waals surface area (Å²) < 4.78 is 10.2. The van der Waals surface area contributed by atoms with Gasteiger partial charge >= 0.3 is 5.97 Å².